The molecule has 3 rings (SSSR count). The molecule has 1 heterocycles. The van der Waals surface area contributed by atoms with Crippen LogP contribution < -0.4 is 10.1 Å². The fourth-order valence-corrected chi connectivity index (χ4v) is 4.21. The number of nitrogens with zero attached hydrogens (tertiary/aromatic N) is 1. The van der Waals surface area contributed by atoms with Gasteiger partial charge in [-0.25, -0.2) is 12.4 Å². The van der Waals surface area contributed by atoms with Gasteiger partial charge in [0.15, 0.2) is 0 Å². The van der Waals surface area contributed by atoms with Crippen LogP contribution in [0.15, 0.2) is 71.7 Å². The van der Waals surface area contributed by atoms with Crippen LogP contribution >= 0.6 is 12.4 Å². The molecule has 29 heavy (non-hydrogen) atoms. The third-order valence-electron chi connectivity index (χ3n) is 3.88. The maximum atomic E-state index is 13.2. The third-order valence-corrected chi connectivity index (χ3v) is 5.55. The molecule has 1 aromatic heterocycles. The first-order chi connectivity index (χ1) is 13.6. The lowest BCUT2D eigenvalue weighted by Crippen LogP contribution is -2.18. The molecule has 3 aromatic rings. The van der Waals surface area contributed by atoms with Crippen molar-refractivity contribution in [3.8, 4) is 17.0 Å². The molecule has 0 aliphatic rings. The van der Waals surface area contributed by atoms with Gasteiger partial charge < -0.3 is 10.1 Å². The van der Waals surface area contributed by atoms with Crippen LogP contribution in [0.25, 0.3) is 11.3 Å². The molecule has 0 amide bonds. The first-order valence-electron chi connectivity index (χ1n) is 8.65. The number of hydrogen-bond acceptors (Lipinski definition) is 4. The molecule has 10 heteroatoms. The lowest BCUT2D eigenvalue weighted by atomic mass is 10.1. The summed E-state index contributed by atoms with van der Waals surface area (Å²) in [6.07, 6.45) is -3.60. The summed E-state index contributed by atoms with van der Waals surface area (Å²) in [5, 5.41) is 2.95. The molecule has 0 saturated heterocycles. The number of halogens is 4. The Morgan fingerprint density at radius 2 is 1.90 bits per heavy atom. The maximum Gasteiger partial charge on any atom is 0.573 e. The second kappa shape index (κ2) is 8.89. The van der Waals surface area contributed by atoms with Gasteiger partial charge in [0.25, 0.3) is 10.0 Å². The Hall–Kier alpha value is -2.49. The van der Waals surface area contributed by atoms with Crippen molar-refractivity contribution in [3.05, 3.63) is 72.4 Å². The van der Waals surface area contributed by atoms with E-state index in [0.717, 1.165) is 16.1 Å². The number of benzene rings is 2. The van der Waals surface area contributed by atoms with E-state index in [0.29, 0.717) is 23.4 Å². The topological polar surface area (TPSA) is 60.3 Å². The predicted molar refractivity (Wildman–Crippen MR) is 106 cm³/mol. The highest BCUT2D eigenvalue weighted by molar-refractivity contribution is 7.90. The van der Waals surface area contributed by atoms with Gasteiger partial charge >= 0.3 is 6.36 Å². The molecule has 0 spiro atoms. The molecular formula is C19H18ClF3N2O3S. The second-order valence-electron chi connectivity index (χ2n) is 5.84. The second-order valence-corrected chi connectivity index (χ2v) is 7.65. The van der Waals surface area contributed by atoms with Gasteiger partial charge in [-0.3, -0.25) is 0 Å². The number of ether oxygens (including phenoxy) is 1. The van der Waals surface area contributed by atoms with E-state index in [1.807, 2.05) is 0 Å². The molecule has 5 nitrogen and oxygen atoms in total. The minimum absolute atomic E-state index is 0. The zero-order valence-corrected chi connectivity index (χ0v) is 16.7. The third kappa shape index (κ3) is 5.11. The van der Waals surface area contributed by atoms with Crippen molar-refractivity contribution in [3.63, 3.8) is 0 Å². The zero-order valence-electron chi connectivity index (χ0n) is 16.1. The van der Waals surface area contributed by atoms with E-state index in [4.69, 9.17) is 1.37 Å². The summed E-state index contributed by atoms with van der Waals surface area (Å²) in [6.45, 7) is 0.358. The minimum atomic E-state index is -4.93. The van der Waals surface area contributed by atoms with E-state index in [1.165, 1.54) is 24.4 Å². The van der Waals surface area contributed by atoms with Crippen LogP contribution in [0, 0.1) is 0 Å². The average Bonchev–Trinajstić information content (AvgIpc) is 3.05. The number of rotatable bonds is 6. The highest BCUT2D eigenvalue weighted by atomic mass is 35.5. The first-order valence-corrected chi connectivity index (χ1v) is 9.59. The van der Waals surface area contributed by atoms with Gasteiger partial charge in [0.05, 0.1) is 12.0 Å². The fraction of sp³-hybridized carbons (Fsp3) is 0.158. The van der Waals surface area contributed by atoms with Crippen molar-refractivity contribution < 1.29 is 27.7 Å². The monoisotopic (exact) mass is 447 g/mol. The standard InChI is InChI=1S/C19H17F3N2O3S.ClH/c1-23-13-15-10-11-24(18(15)14-6-3-2-4-7-14)28(25,26)17-9-5-8-16(12-17)27-19(20,21)22;/h2-12,23H,13H2,1H3;1H/i3D;. The molecule has 0 aliphatic carbocycles. The number of aromatic nitrogens is 1. The number of hydrogen-bond donors (Lipinski definition) is 1. The van der Waals surface area contributed by atoms with Gasteiger partial charge in [-0.15, -0.1) is 25.6 Å². The molecular weight excluding hydrogens is 429 g/mol. The van der Waals surface area contributed by atoms with E-state index in [2.05, 4.69) is 10.1 Å². The SMILES string of the molecule is Cl.[2H]c1cccc(-c2c(CNC)ccn2S(=O)(=O)c2cccc(OC(F)(F)F)c2)c1. The van der Waals surface area contributed by atoms with Crippen LogP contribution in [0.3, 0.4) is 0 Å². The summed E-state index contributed by atoms with van der Waals surface area (Å²) in [7, 11) is -2.52. The van der Waals surface area contributed by atoms with Gasteiger partial charge in [0.2, 0.25) is 0 Å². The van der Waals surface area contributed by atoms with Gasteiger partial charge in [-0.2, -0.15) is 0 Å². The molecule has 0 aliphatic heterocycles. The Morgan fingerprint density at radius 1 is 1.14 bits per heavy atom. The molecule has 0 fully saturated rings. The molecule has 2 aromatic carbocycles. The van der Waals surface area contributed by atoms with Gasteiger partial charge in [-0.1, -0.05) is 36.4 Å². The molecule has 0 bridgehead atoms. The van der Waals surface area contributed by atoms with Crippen LogP contribution in [0.1, 0.15) is 6.93 Å². The molecule has 0 unspecified atom stereocenters. The first kappa shape index (κ1) is 21.2. The average molecular weight is 448 g/mol. The van der Waals surface area contributed by atoms with E-state index >= 15 is 0 Å². The summed E-state index contributed by atoms with van der Waals surface area (Å²) in [5.74, 6) is -0.629. The summed E-state index contributed by atoms with van der Waals surface area (Å²) < 4.78 is 76.6. The lowest BCUT2D eigenvalue weighted by Gasteiger charge is -2.14. The molecule has 0 radical (unpaired) electrons. The fourth-order valence-electron chi connectivity index (χ4n) is 2.78. The molecule has 1 N–H and O–H groups in total. The maximum absolute atomic E-state index is 13.2. The van der Waals surface area contributed by atoms with Crippen LogP contribution in [-0.4, -0.2) is 25.8 Å². The van der Waals surface area contributed by atoms with Crippen molar-refractivity contribution in [2.75, 3.05) is 7.05 Å². The van der Waals surface area contributed by atoms with Gasteiger partial charge in [0.1, 0.15) is 5.75 Å². The molecule has 0 saturated carbocycles. The van der Waals surface area contributed by atoms with Crippen molar-refractivity contribution in [1.82, 2.24) is 9.29 Å². The van der Waals surface area contributed by atoms with Crippen LogP contribution in [-0.2, 0) is 16.6 Å². The minimum Gasteiger partial charge on any atom is -0.406 e. The largest absolute Gasteiger partial charge is 0.573 e. The Labute approximate surface area is 174 Å². The number of nitrogens with one attached hydrogen (secondary N) is 1. The van der Waals surface area contributed by atoms with Crippen LogP contribution in [0.2, 0.25) is 0 Å². The quantitative estimate of drug-likeness (QED) is 0.607. The Bertz CT molecular complexity index is 1130. The van der Waals surface area contributed by atoms with Crippen molar-refractivity contribution in [1.29, 1.82) is 0 Å². The smallest absolute Gasteiger partial charge is 0.406 e. The summed E-state index contributed by atoms with van der Waals surface area (Å²) in [6, 6.07) is 12.4. The summed E-state index contributed by atoms with van der Waals surface area (Å²) in [4.78, 5) is -0.353. The van der Waals surface area contributed by atoms with Crippen molar-refractivity contribution >= 4 is 22.4 Å². The zero-order chi connectivity index (χ0) is 21.2. The molecule has 156 valence electrons. The van der Waals surface area contributed by atoms with Crippen molar-refractivity contribution in [2.45, 2.75) is 17.8 Å². The van der Waals surface area contributed by atoms with Crippen molar-refractivity contribution in [2.24, 2.45) is 0 Å². The summed E-state index contributed by atoms with van der Waals surface area (Å²) >= 11 is 0. The molecule has 0 atom stereocenters. The lowest BCUT2D eigenvalue weighted by molar-refractivity contribution is -0.274. The summed E-state index contributed by atoms with van der Waals surface area (Å²) in [5.41, 5.74) is 1.49. The van der Waals surface area contributed by atoms with E-state index < -0.39 is 22.1 Å². The van der Waals surface area contributed by atoms with E-state index in [9.17, 15) is 21.6 Å². The normalized spacial score (nSPS) is 12.2. The van der Waals surface area contributed by atoms with Gasteiger partial charge in [-0.05, 0) is 36.4 Å². The van der Waals surface area contributed by atoms with Gasteiger partial charge in [0, 0.05) is 18.8 Å². The van der Waals surface area contributed by atoms with Crippen LogP contribution in [0.5, 0.6) is 5.75 Å². The van der Waals surface area contributed by atoms with E-state index in [-0.39, 0.29) is 23.3 Å². The van der Waals surface area contributed by atoms with E-state index in [1.54, 1.807) is 31.3 Å². The Morgan fingerprint density at radius 3 is 2.55 bits per heavy atom. The number of alkyl halides is 3. The Balaban J connectivity index is 0.00000320. The Kier molecular flexibility index (Phi) is 6.51. The predicted octanol–water partition coefficient (Wildman–Crippen LogP) is 4.43. The highest BCUT2D eigenvalue weighted by Gasteiger charge is 2.32. The highest BCUT2D eigenvalue weighted by Crippen LogP contribution is 2.31. The van der Waals surface area contributed by atoms with Crippen LogP contribution in [0.4, 0.5) is 13.2 Å².